The molecule has 15 heavy (non-hydrogen) atoms. The predicted molar refractivity (Wildman–Crippen MR) is 68.6 cm³/mol. The molecule has 3 heteroatoms. The lowest BCUT2D eigenvalue weighted by molar-refractivity contribution is 0.187. The normalized spacial score (nSPS) is 39.2. The molecule has 0 saturated carbocycles. The van der Waals surface area contributed by atoms with Gasteiger partial charge in [0.2, 0.25) is 0 Å². The molecule has 2 fully saturated rings. The van der Waals surface area contributed by atoms with Crippen LogP contribution in [0.3, 0.4) is 0 Å². The minimum Gasteiger partial charge on any atom is -0.316 e. The van der Waals surface area contributed by atoms with E-state index < -0.39 is 0 Å². The Morgan fingerprint density at radius 3 is 3.07 bits per heavy atom. The first-order valence-corrected chi connectivity index (χ1v) is 7.28. The SMILES string of the molecule is CC1CCN(CC2(C)CCNC2)CCS1. The molecule has 0 aromatic heterocycles. The van der Waals surface area contributed by atoms with E-state index in [0.717, 1.165) is 5.25 Å². The van der Waals surface area contributed by atoms with Crippen molar-refractivity contribution in [2.45, 2.75) is 31.9 Å². The minimum absolute atomic E-state index is 0.540. The van der Waals surface area contributed by atoms with Crippen LogP contribution in [0, 0.1) is 5.41 Å². The van der Waals surface area contributed by atoms with E-state index in [1.807, 2.05) is 0 Å². The minimum atomic E-state index is 0.540. The van der Waals surface area contributed by atoms with Crippen molar-refractivity contribution in [2.75, 3.05) is 38.5 Å². The average Bonchev–Trinajstić information content (AvgIpc) is 2.51. The molecule has 2 nitrogen and oxygen atoms in total. The highest BCUT2D eigenvalue weighted by atomic mass is 32.2. The first-order chi connectivity index (χ1) is 7.18. The van der Waals surface area contributed by atoms with Crippen LogP contribution in [0.15, 0.2) is 0 Å². The van der Waals surface area contributed by atoms with Gasteiger partial charge in [-0.2, -0.15) is 11.8 Å². The Labute approximate surface area is 98.2 Å². The molecule has 2 saturated heterocycles. The van der Waals surface area contributed by atoms with Gasteiger partial charge in [-0.15, -0.1) is 0 Å². The van der Waals surface area contributed by atoms with Gasteiger partial charge in [0.15, 0.2) is 0 Å². The molecule has 2 unspecified atom stereocenters. The van der Waals surface area contributed by atoms with E-state index in [2.05, 4.69) is 35.8 Å². The molecule has 0 aromatic rings. The number of nitrogens with zero attached hydrogens (tertiary/aromatic N) is 1. The summed E-state index contributed by atoms with van der Waals surface area (Å²) in [6, 6.07) is 0. The molecule has 2 heterocycles. The second-order valence-electron chi connectivity index (χ2n) is 5.48. The van der Waals surface area contributed by atoms with Crippen LogP contribution >= 0.6 is 11.8 Å². The van der Waals surface area contributed by atoms with Gasteiger partial charge < -0.3 is 10.2 Å². The van der Waals surface area contributed by atoms with Crippen LogP contribution < -0.4 is 5.32 Å². The Morgan fingerprint density at radius 1 is 1.47 bits per heavy atom. The van der Waals surface area contributed by atoms with Crippen LogP contribution in [-0.4, -0.2) is 48.6 Å². The average molecular weight is 228 g/mol. The number of nitrogens with one attached hydrogen (secondary N) is 1. The van der Waals surface area contributed by atoms with Crippen LogP contribution in [0.1, 0.15) is 26.7 Å². The number of hydrogen-bond acceptors (Lipinski definition) is 3. The number of hydrogen-bond donors (Lipinski definition) is 1. The summed E-state index contributed by atoms with van der Waals surface area (Å²) >= 11 is 2.14. The highest BCUT2D eigenvalue weighted by molar-refractivity contribution is 7.99. The second kappa shape index (κ2) is 5.07. The topological polar surface area (TPSA) is 15.3 Å². The van der Waals surface area contributed by atoms with Crippen molar-refractivity contribution in [3.05, 3.63) is 0 Å². The molecular weight excluding hydrogens is 204 g/mol. The van der Waals surface area contributed by atoms with Gasteiger partial charge in [0.05, 0.1) is 0 Å². The summed E-state index contributed by atoms with van der Waals surface area (Å²) in [4.78, 5) is 2.68. The molecule has 1 N–H and O–H groups in total. The molecule has 0 aliphatic carbocycles. The van der Waals surface area contributed by atoms with Crippen LogP contribution in [0.5, 0.6) is 0 Å². The largest absolute Gasteiger partial charge is 0.316 e. The summed E-state index contributed by atoms with van der Waals surface area (Å²) < 4.78 is 0. The highest BCUT2D eigenvalue weighted by Crippen LogP contribution is 2.27. The Hall–Kier alpha value is 0.270. The lowest BCUT2D eigenvalue weighted by atomic mass is 9.89. The summed E-state index contributed by atoms with van der Waals surface area (Å²) in [6.07, 6.45) is 2.72. The molecule has 2 aliphatic heterocycles. The molecule has 2 atom stereocenters. The van der Waals surface area contributed by atoms with Crippen molar-refractivity contribution in [2.24, 2.45) is 5.41 Å². The van der Waals surface area contributed by atoms with Crippen LogP contribution in [0.25, 0.3) is 0 Å². The maximum absolute atomic E-state index is 3.49. The third-order valence-electron chi connectivity index (χ3n) is 3.72. The number of rotatable bonds is 2. The van der Waals surface area contributed by atoms with E-state index in [-0.39, 0.29) is 0 Å². The quantitative estimate of drug-likeness (QED) is 0.776. The van der Waals surface area contributed by atoms with Gasteiger partial charge in [0.25, 0.3) is 0 Å². The molecule has 0 spiro atoms. The van der Waals surface area contributed by atoms with Gasteiger partial charge in [0, 0.05) is 30.6 Å². The summed E-state index contributed by atoms with van der Waals surface area (Å²) in [5, 5.41) is 4.36. The first-order valence-electron chi connectivity index (χ1n) is 6.23. The van der Waals surface area contributed by atoms with Gasteiger partial charge >= 0.3 is 0 Å². The van der Waals surface area contributed by atoms with E-state index in [1.54, 1.807) is 0 Å². The van der Waals surface area contributed by atoms with Crippen LogP contribution in [0.4, 0.5) is 0 Å². The van der Waals surface area contributed by atoms with E-state index in [1.165, 1.54) is 51.3 Å². The zero-order valence-corrected chi connectivity index (χ0v) is 10.9. The fourth-order valence-corrected chi connectivity index (χ4v) is 3.68. The van der Waals surface area contributed by atoms with Crippen molar-refractivity contribution in [3.8, 4) is 0 Å². The number of thioether (sulfide) groups is 1. The third kappa shape index (κ3) is 3.36. The zero-order valence-electron chi connectivity index (χ0n) is 10.1. The van der Waals surface area contributed by atoms with Crippen LogP contribution in [-0.2, 0) is 0 Å². The van der Waals surface area contributed by atoms with Crippen molar-refractivity contribution in [1.29, 1.82) is 0 Å². The fraction of sp³-hybridized carbons (Fsp3) is 1.00. The van der Waals surface area contributed by atoms with Gasteiger partial charge in [-0.05, 0) is 31.3 Å². The summed E-state index contributed by atoms with van der Waals surface area (Å²) in [5.74, 6) is 1.32. The lowest BCUT2D eigenvalue weighted by Crippen LogP contribution is -2.38. The molecule has 0 amide bonds. The molecular formula is C12H24N2S. The Morgan fingerprint density at radius 2 is 2.33 bits per heavy atom. The first kappa shape index (κ1) is 11.7. The van der Waals surface area contributed by atoms with Gasteiger partial charge in [-0.3, -0.25) is 0 Å². The molecule has 88 valence electrons. The molecule has 2 rings (SSSR count). The Bertz CT molecular complexity index is 202. The van der Waals surface area contributed by atoms with Crippen molar-refractivity contribution in [3.63, 3.8) is 0 Å². The molecule has 2 aliphatic rings. The van der Waals surface area contributed by atoms with Crippen molar-refractivity contribution in [1.82, 2.24) is 10.2 Å². The van der Waals surface area contributed by atoms with E-state index >= 15 is 0 Å². The maximum atomic E-state index is 3.49. The molecule has 0 aromatic carbocycles. The fourth-order valence-electron chi connectivity index (χ4n) is 2.64. The standard InChI is InChI=1S/C12H24N2S/c1-11-3-6-14(7-8-15-11)10-12(2)4-5-13-9-12/h11,13H,3-10H2,1-2H3. The Kier molecular flexibility index (Phi) is 3.97. The Balaban J connectivity index is 1.82. The molecule has 0 radical (unpaired) electrons. The van der Waals surface area contributed by atoms with Gasteiger partial charge in [-0.25, -0.2) is 0 Å². The van der Waals surface area contributed by atoms with E-state index in [9.17, 15) is 0 Å². The molecule has 0 bridgehead atoms. The van der Waals surface area contributed by atoms with Gasteiger partial charge in [-0.1, -0.05) is 13.8 Å². The van der Waals surface area contributed by atoms with Gasteiger partial charge in [0.1, 0.15) is 0 Å². The summed E-state index contributed by atoms with van der Waals surface area (Å²) in [7, 11) is 0. The van der Waals surface area contributed by atoms with E-state index in [4.69, 9.17) is 0 Å². The van der Waals surface area contributed by atoms with Crippen molar-refractivity contribution < 1.29 is 0 Å². The van der Waals surface area contributed by atoms with Crippen LogP contribution in [0.2, 0.25) is 0 Å². The van der Waals surface area contributed by atoms with Crippen molar-refractivity contribution >= 4 is 11.8 Å². The van der Waals surface area contributed by atoms with E-state index in [0.29, 0.717) is 5.41 Å². The smallest absolute Gasteiger partial charge is 0.00727 e. The third-order valence-corrected chi connectivity index (χ3v) is 4.95. The zero-order chi connectivity index (χ0) is 10.7. The highest BCUT2D eigenvalue weighted by Gasteiger charge is 2.31. The second-order valence-corrected chi connectivity index (χ2v) is 7.03. The summed E-state index contributed by atoms with van der Waals surface area (Å²) in [6.45, 7) is 11.1. The lowest BCUT2D eigenvalue weighted by Gasteiger charge is -2.30. The maximum Gasteiger partial charge on any atom is 0.00727 e. The monoisotopic (exact) mass is 228 g/mol. The summed E-state index contributed by atoms with van der Waals surface area (Å²) in [5.41, 5.74) is 0.540. The predicted octanol–water partition coefficient (Wildman–Crippen LogP) is 1.81.